The van der Waals surface area contributed by atoms with Crippen molar-refractivity contribution < 1.29 is 14.3 Å². The van der Waals surface area contributed by atoms with Crippen molar-refractivity contribution in [3.8, 4) is 0 Å². The number of carbonyl (C=O) groups is 2. The predicted octanol–water partition coefficient (Wildman–Crippen LogP) is 2.17. The van der Waals surface area contributed by atoms with Gasteiger partial charge in [-0.05, 0) is 24.8 Å². The number of hydrogen-bond donors (Lipinski definition) is 0. The Kier molecular flexibility index (Phi) is 8.28. The molecule has 2 atom stereocenters. The smallest absolute Gasteiger partial charge is 0.239 e. The fraction of sp³-hybridized carbons (Fsp3) is 0.619. The fourth-order valence-corrected chi connectivity index (χ4v) is 4.09. The van der Waals surface area contributed by atoms with Crippen molar-refractivity contribution in [3.05, 3.63) is 35.9 Å². The molecule has 0 saturated carbocycles. The van der Waals surface area contributed by atoms with E-state index in [-0.39, 0.29) is 42.5 Å². The molecule has 0 aromatic heterocycles. The third kappa shape index (κ3) is 5.69. The molecule has 7 heteroatoms. The summed E-state index contributed by atoms with van der Waals surface area (Å²) in [5.74, 6) is 0.281. The molecule has 0 spiro atoms. The molecule has 0 aliphatic carbocycles. The summed E-state index contributed by atoms with van der Waals surface area (Å²) < 4.78 is 6.36. The van der Waals surface area contributed by atoms with Crippen LogP contribution in [0.4, 0.5) is 0 Å². The van der Waals surface area contributed by atoms with Gasteiger partial charge in [-0.2, -0.15) is 0 Å². The van der Waals surface area contributed by atoms with Gasteiger partial charge in [0.1, 0.15) is 0 Å². The van der Waals surface area contributed by atoms with Gasteiger partial charge >= 0.3 is 0 Å². The van der Waals surface area contributed by atoms with E-state index in [0.717, 1.165) is 45.4 Å². The van der Waals surface area contributed by atoms with Gasteiger partial charge in [0.05, 0.1) is 18.2 Å². The third-order valence-electron chi connectivity index (χ3n) is 5.59. The van der Waals surface area contributed by atoms with Crippen LogP contribution in [-0.4, -0.2) is 78.5 Å². The van der Waals surface area contributed by atoms with Gasteiger partial charge in [0.2, 0.25) is 11.8 Å². The molecular weight excluding hydrogens is 378 g/mol. The number of hydrogen-bond acceptors (Lipinski definition) is 4. The lowest BCUT2D eigenvalue weighted by Gasteiger charge is -2.32. The average molecular weight is 410 g/mol. The molecule has 0 N–H and O–H groups in total. The highest BCUT2D eigenvalue weighted by Gasteiger charge is 2.39. The summed E-state index contributed by atoms with van der Waals surface area (Å²) in [6.45, 7) is 4.68. The van der Waals surface area contributed by atoms with Gasteiger partial charge in [0, 0.05) is 47.2 Å². The van der Waals surface area contributed by atoms with Gasteiger partial charge < -0.3 is 14.5 Å². The second-order valence-corrected chi connectivity index (χ2v) is 7.86. The minimum Gasteiger partial charge on any atom is -0.373 e. The number of benzene rings is 1. The fourth-order valence-electron chi connectivity index (χ4n) is 4.09. The van der Waals surface area contributed by atoms with Crippen LogP contribution in [0, 0.1) is 0 Å². The normalized spacial score (nSPS) is 23.3. The molecule has 2 aliphatic heterocycles. The molecule has 1 aromatic rings. The molecule has 2 amide bonds. The van der Waals surface area contributed by atoms with E-state index in [9.17, 15) is 9.59 Å². The van der Waals surface area contributed by atoms with E-state index in [1.54, 1.807) is 11.8 Å². The number of carbonyl (C=O) groups excluding carboxylic acids is 2. The number of amides is 2. The number of ether oxygens (including phenoxy) is 1. The number of rotatable bonds is 5. The predicted molar refractivity (Wildman–Crippen MR) is 111 cm³/mol. The van der Waals surface area contributed by atoms with E-state index in [1.807, 2.05) is 37.2 Å². The first-order valence-electron chi connectivity index (χ1n) is 9.84. The van der Waals surface area contributed by atoms with E-state index < -0.39 is 0 Å². The van der Waals surface area contributed by atoms with Gasteiger partial charge in [-0.25, -0.2) is 0 Å². The van der Waals surface area contributed by atoms with Gasteiger partial charge in [0.25, 0.3) is 0 Å². The largest absolute Gasteiger partial charge is 0.373 e. The van der Waals surface area contributed by atoms with Gasteiger partial charge in [-0.3, -0.25) is 14.5 Å². The maximum atomic E-state index is 12.7. The van der Waals surface area contributed by atoms with Gasteiger partial charge in [0.15, 0.2) is 0 Å². The Balaban J connectivity index is 0.00000280. The zero-order chi connectivity index (χ0) is 19.4. The van der Waals surface area contributed by atoms with Crippen LogP contribution in [0.5, 0.6) is 0 Å². The Hall–Kier alpha value is -1.63. The zero-order valence-corrected chi connectivity index (χ0v) is 17.9. The quantitative estimate of drug-likeness (QED) is 0.747. The van der Waals surface area contributed by atoms with Crippen molar-refractivity contribution in [1.29, 1.82) is 0 Å². The molecule has 156 valence electrons. The first kappa shape index (κ1) is 22.7. The van der Waals surface area contributed by atoms with Crippen molar-refractivity contribution in [2.24, 2.45) is 0 Å². The van der Waals surface area contributed by atoms with Gasteiger partial charge in [-0.15, -0.1) is 12.4 Å². The molecule has 0 radical (unpaired) electrons. The molecule has 28 heavy (non-hydrogen) atoms. The summed E-state index contributed by atoms with van der Waals surface area (Å²) in [6, 6.07) is 10.1. The van der Waals surface area contributed by atoms with Crippen molar-refractivity contribution in [2.45, 2.75) is 51.0 Å². The second-order valence-electron chi connectivity index (χ2n) is 7.86. The third-order valence-corrected chi connectivity index (χ3v) is 5.59. The Bertz CT molecular complexity index is 648. The lowest BCUT2D eigenvalue weighted by atomic mass is 10.1. The topological polar surface area (TPSA) is 53.1 Å². The number of halogens is 1. The Morgan fingerprint density at radius 3 is 2.32 bits per heavy atom. The number of likely N-dealkylation sites (tertiary alicyclic amines) is 2. The Morgan fingerprint density at radius 2 is 1.75 bits per heavy atom. The van der Waals surface area contributed by atoms with E-state index in [1.165, 1.54) is 5.56 Å². The summed E-state index contributed by atoms with van der Waals surface area (Å²) in [5.41, 5.74) is 1.21. The van der Waals surface area contributed by atoms with E-state index >= 15 is 0 Å². The SMILES string of the molecule is CC(=O)N1CCC(O[C@H]2C[C@@H](C(=O)N(C)C)N(Cc3ccccc3)C2)CC1.Cl. The molecule has 6 nitrogen and oxygen atoms in total. The van der Waals surface area contributed by atoms with Crippen molar-refractivity contribution in [3.63, 3.8) is 0 Å². The number of nitrogens with zero attached hydrogens (tertiary/aromatic N) is 3. The Morgan fingerprint density at radius 1 is 1.11 bits per heavy atom. The monoisotopic (exact) mass is 409 g/mol. The maximum absolute atomic E-state index is 12.7. The van der Waals surface area contributed by atoms with E-state index in [2.05, 4.69) is 17.0 Å². The number of likely N-dealkylation sites (N-methyl/N-ethyl adjacent to an activating group) is 1. The molecule has 0 unspecified atom stereocenters. The van der Waals surface area contributed by atoms with Crippen LogP contribution in [-0.2, 0) is 20.9 Å². The lowest BCUT2D eigenvalue weighted by molar-refractivity contribution is -0.134. The highest BCUT2D eigenvalue weighted by molar-refractivity contribution is 5.85. The molecule has 2 fully saturated rings. The molecule has 0 bridgehead atoms. The van der Waals surface area contributed by atoms with Crippen molar-refractivity contribution in [1.82, 2.24) is 14.7 Å². The van der Waals surface area contributed by atoms with Crippen LogP contribution in [0.2, 0.25) is 0 Å². The molecule has 2 saturated heterocycles. The summed E-state index contributed by atoms with van der Waals surface area (Å²) in [7, 11) is 3.63. The van der Waals surface area contributed by atoms with Crippen LogP contribution in [0.25, 0.3) is 0 Å². The molecule has 2 heterocycles. The molecule has 1 aromatic carbocycles. The highest BCUT2D eigenvalue weighted by atomic mass is 35.5. The van der Waals surface area contributed by atoms with Crippen molar-refractivity contribution in [2.75, 3.05) is 33.7 Å². The molecule has 2 aliphatic rings. The van der Waals surface area contributed by atoms with Crippen LogP contribution < -0.4 is 0 Å². The van der Waals surface area contributed by atoms with Gasteiger partial charge in [-0.1, -0.05) is 30.3 Å². The zero-order valence-electron chi connectivity index (χ0n) is 17.0. The Labute approximate surface area is 174 Å². The summed E-state index contributed by atoms with van der Waals surface area (Å²) in [4.78, 5) is 30.0. The minimum absolute atomic E-state index is 0. The summed E-state index contributed by atoms with van der Waals surface area (Å²) in [5, 5.41) is 0. The molecule has 3 rings (SSSR count). The van der Waals surface area contributed by atoms with E-state index in [4.69, 9.17) is 4.74 Å². The van der Waals surface area contributed by atoms with Crippen LogP contribution in [0.3, 0.4) is 0 Å². The number of piperidine rings is 1. The van der Waals surface area contributed by atoms with Crippen LogP contribution in [0.15, 0.2) is 30.3 Å². The average Bonchev–Trinajstić information content (AvgIpc) is 3.04. The minimum atomic E-state index is -0.137. The second kappa shape index (κ2) is 10.2. The summed E-state index contributed by atoms with van der Waals surface area (Å²) in [6.07, 6.45) is 2.73. The van der Waals surface area contributed by atoms with Crippen LogP contribution in [0.1, 0.15) is 31.7 Å². The first-order chi connectivity index (χ1) is 12.9. The first-order valence-corrected chi connectivity index (χ1v) is 9.84. The maximum Gasteiger partial charge on any atom is 0.239 e. The standard InChI is InChI=1S/C21H31N3O3.ClH/c1-16(25)23-11-9-18(10-12-23)27-19-13-20(21(26)22(2)3)24(15-19)14-17-7-5-4-6-8-17;/h4-8,18-20H,9-15H2,1-3H3;1H/t19-,20-;/m0./s1. The van der Waals surface area contributed by atoms with Crippen LogP contribution >= 0.6 is 12.4 Å². The van der Waals surface area contributed by atoms with Crippen molar-refractivity contribution >= 4 is 24.2 Å². The lowest BCUT2D eigenvalue weighted by Crippen LogP contribution is -2.42. The van der Waals surface area contributed by atoms with E-state index in [0.29, 0.717) is 0 Å². The summed E-state index contributed by atoms with van der Waals surface area (Å²) >= 11 is 0. The highest BCUT2D eigenvalue weighted by Crippen LogP contribution is 2.27. The molecular formula is C21H32ClN3O3.